The number of carboxylic acid groups (broad SMARTS) is 1. The number of ether oxygens (including phenoxy) is 4. The van der Waals surface area contributed by atoms with Gasteiger partial charge in [-0.2, -0.15) is 0 Å². The van der Waals surface area contributed by atoms with Gasteiger partial charge in [0, 0.05) is 55.5 Å². The van der Waals surface area contributed by atoms with Crippen molar-refractivity contribution in [3.05, 3.63) is 28.9 Å². The summed E-state index contributed by atoms with van der Waals surface area (Å²) in [7, 11) is 0. The summed E-state index contributed by atoms with van der Waals surface area (Å²) in [4.78, 5) is 64.2. The maximum absolute atomic E-state index is 14.7. The SMILES string of the molecule is CC(C)Cc1cc(O[C@@H]2C[C@H]3C(=O)C[C@]4(C(=O)O)C[C@H]4CCCCCCC[C@H](CC(=O)OC4C[C@@H]5C[C@@H]5C4)C(=O)N3C2)c2ccc(OCCN3CCOCC3)c(Cl)c2n1. The van der Waals surface area contributed by atoms with Crippen LogP contribution in [0.3, 0.4) is 0 Å². The number of aliphatic carboxylic acids is 1. The first-order valence-electron chi connectivity index (χ1n) is 22.4. The lowest BCUT2D eigenvalue weighted by Gasteiger charge is -2.29. The largest absolute Gasteiger partial charge is 0.491 e. The molecule has 3 saturated heterocycles. The van der Waals surface area contributed by atoms with Crippen molar-refractivity contribution in [2.24, 2.45) is 35.0 Å². The highest BCUT2D eigenvalue weighted by Gasteiger charge is 2.61. The van der Waals surface area contributed by atoms with Gasteiger partial charge in [-0.3, -0.25) is 29.1 Å². The van der Waals surface area contributed by atoms with Crippen LogP contribution in [0.2, 0.25) is 5.02 Å². The van der Waals surface area contributed by atoms with Crippen LogP contribution >= 0.6 is 11.6 Å². The average Bonchev–Trinajstić information content (AvgIpc) is 4.00. The average molecular weight is 836 g/mol. The van der Waals surface area contributed by atoms with Crippen LogP contribution in [0.15, 0.2) is 18.2 Å². The van der Waals surface area contributed by atoms with Gasteiger partial charge >= 0.3 is 11.9 Å². The number of carbonyl (C=O) groups is 4. The summed E-state index contributed by atoms with van der Waals surface area (Å²) < 4.78 is 24.4. The van der Waals surface area contributed by atoms with E-state index in [0.29, 0.717) is 84.3 Å². The van der Waals surface area contributed by atoms with Crippen molar-refractivity contribution in [2.45, 2.75) is 128 Å². The van der Waals surface area contributed by atoms with Gasteiger partial charge in [-0.05, 0) is 80.8 Å². The lowest BCUT2D eigenvalue weighted by Crippen LogP contribution is -2.45. The fourth-order valence-electron chi connectivity index (χ4n) is 10.5. The first kappa shape index (κ1) is 42.2. The predicted molar refractivity (Wildman–Crippen MR) is 222 cm³/mol. The quantitative estimate of drug-likeness (QED) is 0.215. The molecular weight excluding hydrogens is 774 g/mol. The molecule has 4 heterocycles. The van der Waals surface area contributed by atoms with Gasteiger partial charge < -0.3 is 29.0 Å². The molecule has 1 unspecified atom stereocenters. The molecular formula is C46H62ClN3O9. The van der Waals surface area contributed by atoms with Crippen molar-refractivity contribution in [3.8, 4) is 11.5 Å². The van der Waals surface area contributed by atoms with E-state index < -0.39 is 29.4 Å². The van der Waals surface area contributed by atoms with Gasteiger partial charge in [0.25, 0.3) is 0 Å². The Labute approximate surface area is 353 Å². The third-order valence-electron chi connectivity index (χ3n) is 14.0. The molecule has 0 bridgehead atoms. The number of nitrogens with zero attached hydrogens (tertiary/aromatic N) is 3. The second kappa shape index (κ2) is 18.2. The second-order valence-corrected chi connectivity index (χ2v) is 19.2. The molecule has 2 aromatic rings. The number of rotatable bonds is 12. The standard InChI is InChI=1S/C46H62ClN3O9/c1-28(2)18-33-23-40(36-10-11-39(42(47)43(36)48-33)57-17-14-49-12-15-56-16-13-49)58-35-24-37-38(51)26-46(45(54)55)25-32(46)9-7-5-3-4-6-8-29(44(53)50(37)27-35)22-41(52)59-34-20-30-19-31(30)21-34/h10-11,23,28-32,34-35,37H,3-9,12-22,24-27H2,1-2H3,(H,54,55)/t29-,30-,31+,32-,34?,35-,37+,46-/m1/s1. The lowest BCUT2D eigenvalue weighted by atomic mass is 9.90. The van der Waals surface area contributed by atoms with Crippen LogP contribution < -0.4 is 9.47 Å². The summed E-state index contributed by atoms with van der Waals surface area (Å²) >= 11 is 7.04. The molecule has 0 spiro atoms. The van der Waals surface area contributed by atoms with E-state index in [1.807, 2.05) is 18.2 Å². The maximum atomic E-state index is 14.7. The number of benzene rings is 1. The first-order chi connectivity index (χ1) is 28.5. The number of Topliss-reactive ketones (excluding diaryl/α,β-unsaturated/α-hetero) is 1. The second-order valence-electron chi connectivity index (χ2n) is 18.9. The molecule has 12 nitrogen and oxygen atoms in total. The minimum Gasteiger partial charge on any atom is -0.491 e. The van der Waals surface area contributed by atoms with Crippen LogP contribution in [0.25, 0.3) is 10.9 Å². The smallest absolute Gasteiger partial charge is 0.310 e. The number of morpholine rings is 1. The third-order valence-corrected chi connectivity index (χ3v) is 14.4. The molecule has 6 fully saturated rings. The number of carbonyl (C=O) groups excluding carboxylic acids is 3. The van der Waals surface area contributed by atoms with Crippen molar-refractivity contribution < 1.29 is 43.2 Å². The van der Waals surface area contributed by atoms with Crippen LogP contribution in [-0.4, -0.2) is 108 Å². The van der Waals surface area contributed by atoms with Crippen molar-refractivity contribution in [1.29, 1.82) is 0 Å². The molecule has 1 amide bonds. The molecule has 3 aliphatic heterocycles. The molecule has 6 aliphatic rings. The Morgan fingerprint density at radius 2 is 1.73 bits per heavy atom. The van der Waals surface area contributed by atoms with Crippen molar-refractivity contribution in [2.75, 3.05) is 46.0 Å². The van der Waals surface area contributed by atoms with Crippen LogP contribution in [0.1, 0.15) is 109 Å². The van der Waals surface area contributed by atoms with Gasteiger partial charge in [0.2, 0.25) is 5.91 Å². The van der Waals surface area contributed by atoms with Crippen LogP contribution in [0, 0.1) is 35.0 Å². The zero-order chi connectivity index (χ0) is 41.3. The highest BCUT2D eigenvalue weighted by Crippen LogP contribution is 2.58. The minimum absolute atomic E-state index is 0.0301. The van der Waals surface area contributed by atoms with E-state index in [9.17, 15) is 24.3 Å². The van der Waals surface area contributed by atoms with Crippen LogP contribution in [0.4, 0.5) is 0 Å². The van der Waals surface area contributed by atoms with Crippen molar-refractivity contribution >= 4 is 46.1 Å². The molecule has 322 valence electrons. The predicted octanol–water partition coefficient (Wildman–Crippen LogP) is 7.29. The molecule has 1 aromatic heterocycles. The monoisotopic (exact) mass is 835 g/mol. The van der Waals surface area contributed by atoms with Crippen molar-refractivity contribution in [1.82, 2.24) is 14.8 Å². The Morgan fingerprint density at radius 3 is 2.47 bits per heavy atom. The minimum atomic E-state index is -1.10. The number of esters is 1. The van der Waals surface area contributed by atoms with Crippen molar-refractivity contribution in [3.63, 3.8) is 0 Å². The topological polar surface area (TPSA) is 145 Å². The highest BCUT2D eigenvalue weighted by atomic mass is 35.5. The summed E-state index contributed by atoms with van der Waals surface area (Å²) in [6.07, 6.45) is 9.50. The fraction of sp³-hybridized carbons (Fsp3) is 0.717. The Bertz CT molecular complexity index is 1880. The number of hydrogen-bond acceptors (Lipinski definition) is 10. The fourth-order valence-corrected chi connectivity index (χ4v) is 10.8. The van der Waals surface area contributed by atoms with E-state index >= 15 is 0 Å². The first-order valence-corrected chi connectivity index (χ1v) is 22.8. The Kier molecular flexibility index (Phi) is 13.1. The van der Waals surface area contributed by atoms with E-state index in [0.717, 1.165) is 76.7 Å². The molecule has 13 heteroatoms. The zero-order valence-corrected chi connectivity index (χ0v) is 35.6. The van der Waals surface area contributed by atoms with E-state index in [-0.39, 0.29) is 55.5 Å². The summed E-state index contributed by atoms with van der Waals surface area (Å²) in [5.74, 6) is 0.246. The highest BCUT2D eigenvalue weighted by molar-refractivity contribution is 6.36. The Hall–Kier alpha value is -3.48. The Balaban J connectivity index is 1.05. The number of ketones is 1. The van der Waals surface area contributed by atoms with E-state index in [2.05, 4.69) is 18.7 Å². The van der Waals surface area contributed by atoms with E-state index in [1.54, 1.807) is 4.90 Å². The van der Waals surface area contributed by atoms with Gasteiger partial charge in [-0.1, -0.05) is 57.6 Å². The number of amides is 1. The summed E-state index contributed by atoms with van der Waals surface area (Å²) in [5, 5.41) is 11.5. The van der Waals surface area contributed by atoms with Gasteiger partial charge in [0.05, 0.1) is 43.2 Å². The normalized spacial score (nSPS) is 31.5. The molecule has 59 heavy (non-hydrogen) atoms. The number of pyridine rings is 1. The molecule has 3 aliphatic carbocycles. The number of aromatic nitrogens is 1. The van der Waals surface area contributed by atoms with Gasteiger partial charge in [0.1, 0.15) is 35.3 Å². The number of hydrogen-bond donors (Lipinski definition) is 1. The Morgan fingerprint density at radius 1 is 0.983 bits per heavy atom. The lowest BCUT2D eigenvalue weighted by molar-refractivity contribution is -0.154. The maximum Gasteiger partial charge on any atom is 0.310 e. The number of carboxylic acids is 1. The number of fused-ring (bicyclic) bond motifs is 4. The van der Waals surface area contributed by atoms with Gasteiger partial charge in [-0.15, -0.1) is 0 Å². The molecule has 8 atom stereocenters. The van der Waals surface area contributed by atoms with Gasteiger partial charge in [0.15, 0.2) is 5.78 Å². The molecule has 8 rings (SSSR count). The summed E-state index contributed by atoms with van der Waals surface area (Å²) in [5.41, 5.74) is 0.267. The summed E-state index contributed by atoms with van der Waals surface area (Å²) in [6, 6.07) is 4.80. The third kappa shape index (κ3) is 9.86. The van der Waals surface area contributed by atoms with E-state index in [1.165, 1.54) is 6.42 Å². The molecule has 1 N–H and O–H groups in total. The molecule has 3 saturated carbocycles. The van der Waals surface area contributed by atoms with E-state index in [4.69, 9.17) is 35.5 Å². The van der Waals surface area contributed by atoms with Crippen LogP contribution in [-0.2, 0) is 35.1 Å². The number of halogens is 1. The van der Waals surface area contributed by atoms with Gasteiger partial charge in [-0.25, -0.2) is 0 Å². The van der Waals surface area contributed by atoms with Crippen LogP contribution in [0.5, 0.6) is 11.5 Å². The molecule has 1 aromatic carbocycles. The zero-order valence-electron chi connectivity index (χ0n) is 34.8. The summed E-state index contributed by atoms with van der Waals surface area (Å²) in [6.45, 7) is 8.74. The molecule has 0 radical (unpaired) electrons.